The molecule has 3 aromatic rings. The van der Waals surface area contributed by atoms with Crippen LogP contribution in [0.1, 0.15) is 36.3 Å². The van der Waals surface area contributed by atoms with Gasteiger partial charge in [-0.3, -0.25) is 0 Å². The lowest BCUT2D eigenvalue weighted by atomic mass is 9.97. The SMILES string of the molecule is Cc1ccc2nc1OCCCC=CCC(OCc1ccccc1)(C(F)(F)F)c1nnc-2o1. The van der Waals surface area contributed by atoms with E-state index >= 15 is 0 Å². The lowest BCUT2D eigenvalue weighted by Crippen LogP contribution is -2.45. The Labute approximate surface area is 183 Å². The summed E-state index contributed by atoms with van der Waals surface area (Å²) < 4.78 is 60.2. The summed E-state index contributed by atoms with van der Waals surface area (Å²) in [6.07, 6.45) is -1.02. The van der Waals surface area contributed by atoms with Gasteiger partial charge in [-0.25, -0.2) is 4.98 Å². The number of hydrogen-bond donors (Lipinski definition) is 0. The Morgan fingerprint density at radius 2 is 1.88 bits per heavy atom. The van der Waals surface area contributed by atoms with Gasteiger partial charge in [0.15, 0.2) is 0 Å². The molecule has 1 atom stereocenters. The first kappa shape index (κ1) is 22.0. The van der Waals surface area contributed by atoms with E-state index in [0.29, 0.717) is 30.9 Å². The van der Waals surface area contributed by atoms with Crippen LogP contribution >= 0.6 is 0 Å². The minimum absolute atomic E-state index is 0.136. The van der Waals surface area contributed by atoms with Gasteiger partial charge in [0.2, 0.25) is 11.5 Å². The third-order valence-corrected chi connectivity index (χ3v) is 5.15. The van der Waals surface area contributed by atoms with Gasteiger partial charge in [0.25, 0.3) is 11.8 Å². The molecule has 4 bridgehead atoms. The van der Waals surface area contributed by atoms with Gasteiger partial charge >= 0.3 is 6.18 Å². The van der Waals surface area contributed by atoms with Crippen molar-refractivity contribution in [3.63, 3.8) is 0 Å². The Hall–Kier alpha value is -3.20. The minimum Gasteiger partial charge on any atom is -0.477 e. The number of halogens is 3. The molecule has 0 radical (unpaired) electrons. The van der Waals surface area contributed by atoms with E-state index in [-0.39, 0.29) is 18.2 Å². The van der Waals surface area contributed by atoms with Crippen LogP contribution in [-0.4, -0.2) is 28.0 Å². The van der Waals surface area contributed by atoms with Crippen molar-refractivity contribution in [3.8, 4) is 17.5 Å². The van der Waals surface area contributed by atoms with Crippen molar-refractivity contribution >= 4 is 0 Å². The summed E-state index contributed by atoms with van der Waals surface area (Å²) in [6.45, 7) is 1.94. The molecule has 0 saturated carbocycles. The van der Waals surface area contributed by atoms with Gasteiger partial charge in [0, 0.05) is 12.0 Å². The monoisotopic (exact) mass is 445 g/mol. The topological polar surface area (TPSA) is 70.3 Å². The van der Waals surface area contributed by atoms with E-state index in [2.05, 4.69) is 15.2 Å². The van der Waals surface area contributed by atoms with Gasteiger partial charge in [-0.15, -0.1) is 10.2 Å². The largest absolute Gasteiger partial charge is 0.477 e. The molecule has 6 nitrogen and oxygen atoms in total. The average molecular weight is 445 g/mol. The molecule has 1 aliphatic rings. The highest BCUT2D eigenvalue weighted by atomic mass is 19.4. The quantitative estimate of drug-likeness (QED) is 0.494. The second-order valence-electron chi connectivity index (χ2n) is 7.50. The lowest BCUT2D eigenvalue weighted by Gasteiger charge is -2.31. The van der Waals surface area contributed by atoms with Crippen molar-refractivity contribution in [3.05, 3.63) is 71.6 Å². The maximum atomic E-state index is 14.5. The fourth-order valence-corrected chi connectivity index (χ4v) is 3.31. The van der Waals surface area contributed by atoms with Crippen molar-refractivity contribution in [2.24, 2.45) is 0 Å². The number of aromatic nitrogens is 3. The lowest BCUT2D eigenvalue weighted by molar-refractivity contribution is -0.295. The summed E-state index contributed by atoms with van der Waals surface area (Å²) in [7, 11) is 0. The smallest absolute Gasteiger partial charge is 0.426 e. The van der Waals surface area contributed by atoms with Gasteiger partial charge < -0.3 is 13.9 Å². The average Bonchev–Trinajstić information content (AvgIpc) is 3.26. The van der Waals surface area contributed by atoms with Gasteiger partial charge in [-0.1, -0.05) is 48.6 Å². The van der Waals surface area contributed by atoms with E-state index in [1.165, 1.54) is 6.08 Å². The molecule has 0 fully saturated rings. The van der Waals surface area contributed by atoms with Crippen molar-refractivity contribution in [1.29, 1.82) is 0 Å². The van der Waals surface area contributed by atoms with E-state index in [9.17, 15) is 13.2 Å². The predicted molar refractivity (Wildman–Crippen MR) is 110 cm³/mol. The Bertz CT molecular complexity index is 1080. The number of nitrogens with zero attached hydrogens (tertiary/aromatic N) is 3. The molecule has 2 aromatic heterocycles. The van der Waals surface area contributed by atoms with Crippen LogP contribution in [0.3, 0.4) is 0 Å². The highest BCUT2D eigenvalue weighted by Crippen LogP contribution is 2.46. The highest BCUT2D eigenvalue weighted by molar-refractivity contribution is 5.49. The molecule has 3 heterocycles. The molecule has 4 rings (SSSR count). The number of fused-ring (bicyclic) bond motifs is 5. The van der Waals surface area contributed by atoms with Crippen molar-refractivity contribution in [1.82, 2.24) is 15.2 Å². The summed E-state index contributed by atoms with van der Waals surface area (Å²) in [5.74, 6) is -0.420. The molecule has 0 saturated heterocycles. The number of rotatable bonds is 3. The van der Waals surface area contributed by atoms with Crippen molar-refractivity contribution < 1.29 is 27.1 Å². The zero-order valence-electron chi connectivity index (χ0n) is 17.4. The van der Waals surface area contributed by atoms with Gasteiger partial charge in [-0.2, -0.15) is 13.2 Å². The zero-order valence-corrected chi connectivity index (χ0v) is 17.4. The third kappa shape index (κ3) is 4.52. The van der Waals surface area contributed by atoms with E-state index < -0.39 is 24.1 Å². The van der Waals surface area contributed by atoms with Crippen LogP contribution in [0.25, 0.3) is 11.6 Å². The molecule has 1 unspecified atom stereocenters. The molecule has 9 heteroatoms. The molecular formula is C23H22F3N3O3. The van der Waals surface area contributed by atoms with E-state index in [1.54, 1.807) is 48.5 Å². The summed E-state index contributed by atoms with van der Waals surface area (Å²) in [5.41, 5.74) is -1.16. The van der Waals surface area contributed by atoms with Crippen LogP contribution in [-0.2, 0) is 16.9 Å². The Morgan fingerprint density at radius 1 is 1.06 bits per heavy atom. The molecule has 1 aliphatic heterocycles. The van der Waals surface area contributed by atoms with Crippen LogP contribution in [0.15, 0.2) is 59.0 Å². The molecule has 168 valence electrons. The van der Waals surface area contributed by atoms with Crippen LogP contribution in [0, 0.1) is 6.92 Å². The second kappa shape index (κ2) is 9.12. The first-order valence-electron chi connectivity index (χ1n) is 10.2. The normalized spacial score (nSPS) is 19.2. The number of aryl methyl sites for hydroxylation is 1. The molecular weight excluding hydrogens is 423 g/mol. The number of allylic oxidation sites excluding steroid dienone is 1. The van der Waals surface area contributed by atoms with Gasteiger partial charge in [0.1, 0.15) is 5.69 Å². The number of pyridine rings is 1. The molecule has 32 heavy (non-hydrogen) atoms. The number of alkyl halides is 3. The second-order valence-corrected chi connectivity index (χ2v) is 7.50. The number of hydrogen-bond acceptors (Lipinski definition) is 6. The van der Waals surface area contributed by atoms with Gasteiger partial charge in [-0.05, 0) is 31.4 Å². The molecule has 0 aliphatic carbocycles. The van der Waals surface area contributed by atoms with Crippen LogP contribution in [0.4, 0.5) is 13.2 Å². The Kier molecular flexibility index (Phi) is 6.27. The third-order valence-electron chi connectivity index (χ3n) is 5.15. The van der Waals surface area contributed by atoms with Crippen LogP contribution in [0.2, 0.25) is 0 Å². The van der Waals surface area contributed by atoms with E-state index in [4.69, 9.17) is 13.9 Å². The highest BCUT2D eigenvalue weighted by Gasteiger charge is 2.60. The predicted octanol–water partition coefficient (Wildman–Crippen LogP) is 5.53. The first-order valence-corrected chi connectivity index (χ1v) is 10.2. The maximum Gasteiger partial charge on any atom is 0.426 e. The zero-order chi connectivity index (χ0) is 22.6. The summed E-state index contributed by atoms with van der Waals surface area (Å²) in [4.78, 5) is 4.35. The molecule has 0 N–H and O–H groups in total. The van der Waals surface area contributed by atoms with Crippen molar-refractivity contribution in [2.75, 3.05) is 6.61 Å². The van der Waals surface area contributed by atoms with Gasteiger partial charge in [0.05, 0.1) is 13.2 Å². The van der Waals surface area contributed by atoms with E-state index in [0.717, 1.165) is 5.56 Å². The Morgan fingerprint density at radius 3 is 2.66 bits per heavy atom. The maximum absolute atomic E-state index is 14.5. The molecule has 0 amide bonds. The molecule has 0 spiro atoms. The fourth-order valence-electron chi connectivity index (χ4n) is 3.31. The van der Waals surface area contributed by atoms with Crippen molar-refractivity contribution in [2.45, 2.75) is 44.6 Å². The summed E-state index contributed by atoms with van der Waals surface area (Å²) in [5, 5.41) is 7.58. The van der Waals surface area contributed by atoms with Crippen LogP contribution < -0.4 is 4.74 Å². The fraction of sp³-hybridized carbons (Fsp3) is 0.348. The van der Waals surface area contributed by atoms with E-state index in [1.807, 2.05) is 6.92 Å². The minimum atomic E-state index is -4.80. The van der Waals surface area contributed by atoms with Crippen LogP contribution in [0.5, 0.6) is 5.88 Å². The Balaban J connectivity index is 1.78. The summed E-state index contributed by atoms with van der Waals surface area (Å²) in [6, 6.07) is 12.0. The summed E-state index contributed by atoms with van der Waals surface area (Å²) >= 11 is 0. The number of benzene rings is 1. The standard InChI is InChI=1S/C23H22F3N3O3/c1-16-11-12-18-20-28-29-21(32-20)22(23(24,25)26,31-15-17-9-5-4-6-10-17)13-7-2-3-8-14-30-19(16)27-18/h2,4-7,9-12H,3,8,13-15H2,1H3. The number of ether oxygens (including phenoxy) is 2. The first-order chi connectivity index (χ1) is 15.4. The molecule has 1 aromatic carbocycles.